The largest absolute Gasteiger partial charge is 0.356 e. The Morgan fingerprint density at radius 1 is 1.38 bits per heavy atom. The van der Waals surface area contributed by atoms with Crippen LogP contribution in [-0.4, -0.2) is 50.6 Å². The first-order valence-electron chi connectivity index (χ1n) is 7.75. The summed E-state index contributed by atoms with van der Waals surface area (Å²) in [4.78, 5) is 6.65. The van der Waals surface area contributed by atoms with E-state index in [0.717, 1.165) is 25.6 Å². The normalized spacial score (nSPS) is 15.0. The predicted molar refractivity (Wildman–Crippen MR) is 94.5 cm³/mol. The van der Waals surface area contributed by atoms with Gasteiger partial charge >= 0.3 is 0 Å². The maximum absolute atomic E-state index is 4.28. The first-order chi connectivity index (χ1) is 10.1. The van der Waals surface area contributed by atoms with E-state index in [1.165, 1.54) is 12.0 Å². The van der Waals surface area contributed by atoms with E-state index < -0.39 is 0 Å². The molecule has 0 aliphatic carbocycles. The highest BCUT2D eigenvalue weighted by Crippen LogP contribution is 2.16. The van der Waals surface area contributed by atoms with E-state index in [1.54, 1.807) is 11.3 Å². The number of thiophene rings is 1. The molecule has 1 heterocycles. The van der Waals surface area contributed by atoms with Crippen LogP contribution in [0.2, 0.25) is 0 Å². The molecule has 0 saturated heterocycles. The Morgan fingerprint density at radius 2 is 2.14 bits per heavy atom. The quantitative estimate of drug-likeness (QED) is 0.573. The molecule has 1 rings (SSSR count). The van der Waals surface area contributed by atoms with Crippen LogP contribution in [0.3, 0.4) is 0 Å². The summed E-state index contributed by atoms with van der Waals surface area (Å²) in [6, 6.07) is 2.81. The molecule has 0 saturated carbocycles. The molecule has 0 aliphatic rings. The zero-order chi connectivity index (χ0) is 15.7. The first kappa shape index (κ1) is 18.0. The number of likely N-dealkylation sites (N-methyl/N-ethyl adjacent to an activating group) is 1. The Morgan fingerprint density at radius 3 is 2.71 bits per heavy atom. The smallest absolute Gasteiger partial charge is 0.191 e. The minimum absolute atomic E-state index is 0.498. The van der Waals surface area contributed by atoms with Crippen LogP contribution in [0, 0.1) is 0 Å². The Bertz CT molecular complexity index is 402. The molecule has 2 atom stereocenters. The van der Waals surface area contributed by atoms with E-state index in [-0.39, 0.29) is 0 Å². The van der Waals surface area contributed by atoms with Crippen LogP contribution in [0.15, 0.2) is 21.8 Å². The predicted octanol–water partition coefficient (Wildman–Crippen LogP) is 2.75. The maximum atomic E-state index is 4.28. The lowest BCUT2D eigenvalue weighted by atomic mass is 10.1. The SMILES string of the molecule is CCC(C)N(C)CCNC(=NC)NCC(C)c1ccsc1. The van der Waals surface area contributed by atoms with Gasteiger partial charge in [-0.3, -0.25) is 4.99 Å². The summed E-state index contributed by atoms with van der Waals surface area (Å²) in [6.07, 6.45) is 1.18. The van der Waals surface area contributed by atoms with Crippen LogP contribution in [0.25, 0.3) is 0 Å². The molecule has 0 radical (unpaired) electrons. The van der Waals surface area contributed by atoms with Crippen molar-refractivity contribution < 1.29 is 0 Å². The summed E-state index contributed by atoms with van der Waals surface area (Å²) >= 11 is 1.75. The molecule has 0 amide bonds. The first-order valence-corrected chi connectivity index (χ1v) is 8.69. The highest BCUT2D eigenvalue weighted by Gasteiger charge is 2.08. The molecule has 2 N–H and O–H groups in total. The molecule has 4 nitrogen and oxygen atoms in total. The van der Waals surface area contributed by atoms with Crippen LogP contribution in [0.4, 0.5) is 0 Å². The average molecular weight is 311 g/mol. The van der Waals surface area contributed by atoms with E-state index in [4.69, 9.17) is 0 Å². The van der Waals surface area contributed by atoms with Crippen molar-refractivity contribution in [3.05, 3.63) is 22.4 Å². The van der Waals surface area contributed by atoms with Gasteiger partial charge in [-0.2, -0.15) is 11.3 Å². The summed E-state index contributed by atoms with van der Waals surface area (Å²) in [5.74, 6) is 1.38. The molecule has 2 unspecified atom stereocenters. The molecule has 0 fully saturated rings. The van der Waals surface area contributed by atoms with E-state index in [0.29, 0.717) is 12.0 Å². The maximum Gasteiger partial charge on any atom is 0.191 e. The van der Waals surface area contributed by atoms with Crippen LogP contribution >= 0.6 is 11.3 Å². The van der Waals surface area contributed by atoms with Gasteiger partial charge in [0.15, 0.2) is 5.96 Å². The molecule has 0 aliphatic heterocycles. The molecule has 1 aromatic rings. The Hall–Kier alpha value is -1.07. The van der Waals surface area contributed by atoms with Crippen molar-refractivity contribution >= 4 is 17.3 Å². The summed E-state index contributed by atoms with van der Waals surface area (Å²) in [5.41, 5.74) is 1.39. The van der Waals surface area contributed by atoms with Crippen molar-refractivity contribution in [2.75, 3.05) is 33.7 Å². The Balaban J connectivity index is 2.26. The second-order valence-electron chi connectivity index (χ2n) is 5.58. The number of guanidine groups is 1. The number of hydrogen-bond acceptors (Lipinski definition) is 3. The van der Waals surface area contributed by atoms with Crippen molar-refractivity contribution in [2.45, 2.75) is 39.2 Å². The van der Waals surface area contributed by atoms with Crippen LogP contribution < -0.4 is 10.6 Å². The van der Waals surface area contributed by atoms with Crippen molar-refractivity contribution in [1.29, 1.82) is 0 Å². The Kier molecular flexibility index (Phi) is 8.38. The molecule has 120 valence electrons. The van der Waals surface area contributed by atoms with Crippen LogP contribution in [0.1, 0.15) is 38.7 Å². The van der Waals surface area contributed by atoms with Gasteiger partial charge in [-0.25, -0.2) is 0 Å². The highest BCUT2D eigenvalue weighted by atomic mass is 32.1. The fraction of sp³-hybridized carbons (Fsp3) is 0.688. The lowest BCUT2D eigenvalue weighted by Crippen LogP contribution is -2.43. The fourth-order valence-corrected chi connectivity index (χ4v) is 2.81. The van der Waals surface area contributed by atoms with Gasteiger partial charge in [-0.15, -0.1) is 0 Å². The second-order valence-corrected chi connectivity index (χ2v) is 6.36. The summed E-state index contributed by atoms with van der Waals surface area (Å²) in [5, 5.41) is 11.1. The fourth-order valence-electron chi connectivity index (χ4n) is 2.03. The van der Waals surface area contributed by atoms with Gasteiger partial charge in [0.25, 0.3) is 0 Å². The molecule has 1 aromatic heterocycles. The summed E-state index contributed by atoms with van der Waals surface area (Å²) in [7, 11) is 3.99. The average Bonchev–Trinajstić information content (AvgIpc) is 3.03. The molecule has 0 spiro atoms. The molecule has 5 heteroatoms. The molecule has 21 heavy (non-hydrogen) atoms. The van der Waals surface area contributed by atoms with Crippen molar-refractivity contribution in [3.8, 4) is 0 Å². The van der Waals surface area contributed by atoms with Gasteiger partial charge in [-0.05, 0) is 48.7 Å². The van der Waals surface area contributed by atoms with Gasteiger partial charge in [0, 0.05) is 32.7 Å². The minimum Gasteiger partial charge on any atom is -0.356 e. The van der Waals surface area contributed by atoms with E-state index >= 15 is 0 Å². The third kappa shape index (κ3) is 6.48. The van der Waals surface area contributed by atoms with Gasteiger partial charge < -0.3 is 15.5 Å². The molecule has 0 bridgehead atoms. The minimum atomic E-state index is 0.498. The lowest BCUT2D eigenvalue weighted by Gasteiger charge is -2.24. The standard InChI is InChI=1S/C16H30N4S/c1-6-14(3)20(5)9-8-18-16(17-4)19-11-13(2)15-7-10-21-12-15/h7,10,12-14H,6,8-9,11H2,1-5H3,(H2,17,18,19). The number of hydrogen-bond donors (Lipinski definition) is 2. The molecule has 0 aromatic carbocycles. The number of nitrogens with one attached hydrogen (secondary N) is 2. The van der Waals surface area contributed by atoms with Crippen molar-refractivity contribution in [1.82, 2.24) is 15.5 Å². The van der Waals surface area contributed by atoms with Crippen molar-refractivity contribution in [3.63, 3.8) is 0 Å². The lowest BCUT2D eigenvalue weighted by molar-refractivity contribution is 0.255. The third-order valence-electron chi connectivity index (χ3n) is 4.01. The van der Waals surface area contributed by atoms with Crippen LogP contribution in [0.5, 0.6) is 0 Å². The second kappa shape index (κ2) is 9.79. The topological polar surface area (TPSA) is 39.7 Å². The van der Waals surface area contributed by atoms with E-state index in [9.17, 15) is 0 Å². The zero-order valence-corrected chi connectivity index (χ0v) is 14.8. The van der Waals surface area contributed by atoms with E-state index in [1.807, 2.05) is 7.05 Å². The zero-order valence-electron chi connectivity index (χ0n) is 14.0. The third-order valence-corrected chi connectivity index (χ3v) is 4.71. The summed E-state index contributed by atoms with van der Waals surface area (Å²) in [6.45, 7) is 9.55. The van der Waals surface area contributed by atoms with Crippen molar-refractivity contribution in [2.24, 2.45) is 4.99 Å². The Labute approximate surface area is 133 Å². The van der Waals surface area contributed by atoms with Gasteiger partial charge in [0.1, 0.15) is 0 Å². The monoisotopic (exact) mass is 310 g/mol. The summed E-state index contributed by atoms with van der Waals surface area (Å²) < 4.78 is 0. The number of rotatable bonds is 8. The van der Waals surface area contributed by atoms with Gasteiger partial charge in [0.2, 0.25) is 0 Å². The van der Waals surface area contributed by atoms with Gasteiger partial charge in [0.05, 0.1) is 0 Å². The number of nitrogens with zero attached hydrogens (tertiary/aromatic N) is 2. The molecular weight excluding hydrogens is 280 g/mol. The highest BCUT2D eigenvalue weighted by molar-refractivity contribution is 7.07. The van der Waals surface area contributed by atoms with Crippen LogP contribution in [-0.2, 0) is 0 Å². The van der Waals surface area contributed by atoms with Gasteiger partial charge in [-0.1, -0.05) is 13.8 Å². The van der Waals surface area contributed by atoms with E-state index in [2.05, 4.69) is 65.2 Å². The number of aliphatic imine (C=N–C) groups is 1. The molecular formula is C16H30N4S.